The van der Waals surface area contributed by atoms with E-state index >= 15 is 0 Å². The fourth-order valence-electron chi connectivity index (χ4n) is 4.96. The molecule has 7 nitrogen and oxygen atoms in total. The molecule has 0 spiro atoms. The zero-order chi connectivity index (χ0) is 27.1. The molecule has 2 aliphatic heterocycles. The molecule has 38 heavy (non-hydrogen) atoms. The summed E-state index contributed by atoms with van der Waals surface area (Å²) in [5.41, 5.74) is 0.783. The summed E-state index contributed by atoms with van der Waals surface area (Å²) >= 11 is 0. The van der Waals surface area contributed by atoms with E-state index in [1.54, 1.807) is 11.0 Å². The molecule has 0 bridgehead atoms. The number of likely N-dealkylation sites (N-methyl/N-ethyl adjacent to an activating group) is 1. The molecule has 2 aliphatic rings. The van der Waals surface area contributed by atoms with Gasteiger partial charge in [0, 0.05) is 58.3 Å². The van der Waals surface area contributed by atoms with Crippen LogP contribution in [0.4, 0.5) is 13.2 Å². The van der Waals surface area contributed by atoms with Crippen LogP contribution in [0.1, 0.15) is 29.5 Å². The number of ether oxygens (including phenoxy) is 1. The lowest BCUT2D eigenvalue weighted by Crippen LogP contribution is -2.49. The third-order valence-corrected chi connectivity index (χ3v) is 6.98. The Morgan fingerprint density at radius 2 is 1.82 bits per heavy atom. The molecule has 2 heterocycles. The number of piperazine rings is 1. The van der Waals surface area contributed by atoms with Crippen molar-refractivity contribution in [3.63, 3.8) is 0 Å². The van der Waals surface area contributed by atoms with Gasteiger partial charge in [0.25, 0.3) is 0 Å². The second-order valence-corrected chi connectivity index (χ2v) is 10.1. The maximum Gasteiger partial charge on any atom is 0.416 e. The van der Waals surface area contributed by atoms with E-state index in [9.17, 15) is 22.8 Å². The van der Waals surface area contributed by atoms with Gasteiger partial charge in [-0.05, 0) is 42.8 Å². The van der Waals surface area contributed by atoms with Crippen LogP contribution in [0.25, 0.3) is 0 Å². The van der Waals surface area contributed by atoms with Crippen molar-refractivity contribution in [3.05, 3.63) is 65.2 Å². The highest BCUT2D eigenvalue weighted by atomic mass is 19.4. The van der Waals surface area contributed by atoms with Gasteiger partial charge in [0.05, 0.1) is 12.0 Å². The highest BCUT2D eigenvalue weighted by Crippen LogP contribution is 2.29. The normalized spacial score (nSPS) is 18.6. The summed E-state index contributed by atoms with van der Waals surface area (Å²) in [4.78, 5) is 30.2. The fourth-order valence-corrected chi connectivity index (χ4v) is 4.96. The Kier molecular flexibility index (Phi) is 9.27. The largest absolute Gasteiger partial charge is 0.492 e. The number of benzene rings is 2. The van der Waals surface area contributed by atoms with E-state index in [1.807, 2.05) is 25.2 Å². The molecule has 10 heteroatoms. The van der Waals surface area contributed by atoms with Gasteiger partial charge < -0.3 is 19.9 Å². The van der Waals surface area contributed by atoms with Crippen LogP contribution in [0.3, 0.4) is 0 Å². The number of rotatable bonds is 10. The van der Waals surface area contributed by atoms with E-state index in [4.69, 9.17) is 4.74 Å². The van der Waals surface area contributed by atoms with Crippen molar-refractivity contribution in [2.24, 2.45) is 0 Å². The molecule has 1 N–H and O–H groups in total. The third-order valence-electron chi connectivity index (χ3n) is 6.98. The Labute approximate surface area is 221 Å². The summed E-state index contributed by atoms with van der Waals surface area (Å²) in [6, 6.07) is 13.2. The Morgan fingerprint density at radius 3 is 2.53 bits per heavy atom. The van der Waals surface area contributed by atoms with Crippen molar-refractivity contribution in [3.8, 4) is 5.75 Å². The number of carbonyl (C=O) groups is 2. The molecule has 2 aromatic carbocycles. The lowest BCUT2D eigenvalue weighted by Gasteiger charge is -2.34. The quantitative estimate of drug-likeness (QED) is 0.509. The molecule has 2 saturated heterocycles. The fraction of sp³-hybridized carbons (Fsp3) is 0.500. The summed E-state index contributed by atoms with van der Waals surface area (Å²) in [6.07, 6.45) is -2.97. The zero-order valence-electron chi connectivity index (χ0n) is 21.7. The molecule has 4 rings (SSSR count). The third kappa shape index (κ3) is 8.19. The molecule has 206 valence electrons. The van der Waals surface area contributed by atoms with Crippen molar-refractivity contribution >= 4 is 11.8 Å². The van der Waals surface area contributed by atoms with E-state index in [0.29, 0.717) is 44.8 Å². The van der Waals surface area contributed by atoms with Gasteiger partial charge in [0.15, 0.2) is 0 Å². The number of alkyl halides is 3. The molecule has 0 aromatic heterocycles. The summed E-state index contributed by atoms with van der Waals surface area (Å²) in [5, 5.41) is 3.00. The van der Waals surface area contributed by atoms with Gasteiger partial charge in [-0.1, -0.05) is 30.3 Å². The molecule has 0 saturated carbocycles. The second kappa shape index (κ2) is 12.6. The summed E-state index contributed by atoms with van der Waals surface area (Å²) < 4.78 is 44.8. The van der Waals surface area contributed by atoms with Crippen LogP contribution in [-0.2, 0) is 28.7 Å². The average Bonchev–Trinajstić information content (AvgIpc) is 3.28. The number of nitrogens with one attached hydrogen (secondary N) is 1. The molecule has 1 atom stereocenters. The first-order valence-electron chi connectivity index (χ1n) is 13.0. The van der Waals surface area contributed by atoms with E-state index < -0.39 is 11.7 Å². The number of nitrogens with zero attached hydrogens (tertiary/aromatic N) is 3. The lowest BCUT2D eigenvalue weighted by molar-refractivity contribution is -0.138. The highest BCUT2D eigenvalue weighted by Gasteiger charge is 2.31. The first-order chi connectivity index (χ1) is 18.2. The Bertz CT molecular complexity index is 1100. The van der Waals surface area contributed by atoms with Crippen molar-refractivity contribution < 1.29 is 27.5 Å². The summed E-state index contributed by atoms with van der Waals surface area (Å²) in [7, 11) is 2.04. The maximum atomic E-state index is 12.9. The minimum atomic E-state index is -4.42. The Morgan fingerprint density at radius 1 is 1.08 bits per heavy atom. The van der Waals surface area contributed by atoms with E-state index in [1.165, 1.54) is 6.07 Å². The predicted octanol–water partition coefficient (Wildman–Crippen LogP) is 3.18. The predicted molar refractivity (Wildman–Crippen MR) is 138 cm³/mol. The molecule has 0 unspecified atom stereocenters. The molecule has 2 fully saturated rings. The van der Waals surface area contributed by atoms with Crippen LogP contribution in [0.2, 0.25) is 0 Å². The van der Waals surface area contributed by atoms with Gasteiger partial charge in [0.2, 0.25) is 11.8 Å². The highest BCUT2D eigenvalue weighted by molar-refractivity contribution is 5.79. The second-order valence-electron chi connectivity index (χ2n) is 10.1. The van der Waals surface area contributed by atoms with Gasteiger partial charge >= 0.3 is 6.18 Å². The average molecular weight is 533 g/mol. The standard InChI is InChI=1S/C28H35F3N4O3/c1-33(20-24-8-9-26(36)32-24)19-22-5-3-7-25(17-22)38-15-14-34-10-12-35(13-11-34)27(37)18-21-4-2-6-23(16-21)28(29,30)31/h2-7,16-17,24H,8-15,18-20H2,1H3,(H,32,36)/t24-/m1/s1. The van der Waals surface area contributed by atoms with Crippen molar-refractivity contribution in [2.75, 3.05) is 52.9 Å². The summed E-state index contributed by atoms with van der Waals surface area (Å²) in [5.74, 6) is 0.777. The van der Waals surface area contributed by atoms with Crippen LogP contribution in [-0.4, -0.2) is 85.5 Å². The summed E-state index contributed by atoms with van der Waals surface area (Å²) in [6.45, 7) is 5.29. The lowest BCUT2D eigenvalue weighted by atomic mass is 10.1. The molecule has 2 amide bonds. The van der Waals surface area contributed by atoms with Crippen molar-refractivity contribution in [1.82, 2.24) is 20.0 Å². The molecule has 2 aromatic rings. The van der Waals surface area contributed by atoms with Gasteiger partial charge in [-0.3, -0.25) is 14.5 Å². The van der Waals surface area contributed by atoms with Crippen LogP contribution in [0, 0.1) is 0 Å². The first kappa shape index (κ1) is 27.9. The van der Waals surface area contributed by atoms with E-state index in [2.05, 4.69) is 21.2 Å². The van der Waals surface area contributed by atoms with Crippen molar-refractivity contribution in [2.45, 2.75) is 38.0 Å². The molecular formula is C28H35F3N4O3. The SMILES string of the molecule is CN(Cc1cccc(OCCN2CCN(C(=O)Cc3cccc(C(F)(F)F)c3)CC2)c1)C[C@H]1CCC(=O)N1. The van der Waals surface area contributed by atoms with E-state index in [-0.39, 0.29) is 24.3 Å². The number of carbonyl (C=O) groups excluding carboxylic acids is 2. The van der Waals surface area contributed by atoms with Crippen LogP contribution < -0.4 is 10.1 Å². The molecule has 0 aliphatic carbocycles. The van der Waals surface area contributed by atoms with Gasteiger partial charge in [-0.15, -0.1) is 0 Å². The Hall–Kier alpha value is -3.11. The van der Waals surface area contributed by atoms with Gasteiger partial charge in [-0.25, -0.2) is 0 Å². The van der Waals surface area contributed by atoms with Crippen LogP contribution in [0.5, 0.6) is 5.75 Å². The number of hydrogen-bond donors (Lipinski definition) is 1. The Balaban J connectivity index is 1.16. The van der Waals surface area contributed by atoms with Crippen LogP contribution in [0.15, 0.2) is 48.5 Å². The maximum absolute atomic E-state index is 12.9. The zero-order valence-corrected chi connectivity index (χ0v) is 21.7. The number of amides is 2. The van der Waals surface area contributed by atoms with Gasteiger partial charge in [0.1, 0.15) is 12.4 Å². The topological polar surface area (TPSA) is 65.1 Å². The smallest absolute Gasteiger partial charge is 0.416 e. The van der Waals surface area contributed by atoms with Crippen LogP contribution >= 0.6 is 0 Å². The van der Waals surface area contributed by atoms with Crippen molar-refractivity contribution in [1.29, 1.82) is 0 Å². The minimum Gasteiger partial charge on any atom is -0.492 e. The number of hydrogen-bond acceptors (Lipinski definition) is 5. The monoisotopic (exact) mass is 532 g/mol. The number of halogens is 3. The van der Waals surface area contributed by atoms with E-state index in [0.717, 1.165) is 49.5 Å². The first-order valence-corrected chi connectivity index (χ1v) is 13.0. The molecule has 0 radical (unpaired) electrons. The molecular weight excluding hydrogens is 497 g/mol. The van der Waals surface area contributed by atoms with Gasteiger partial charge in [-0.2, -0.15) is 13.2 Å². The minimum absolute atomic E-state index is 0.0339.